The van der Waals surface area contributed by atoms with Crippen LogP contribution in [0, 0.1) is 8.98 Å². The lowest BCUT2D eigenvalue weighted by atomic mass is 9.97. The van der Waals surface area contributed by atoms with Crippen molar-refractivity contribution in [1.82, 2.24) is 4.57 Å². The molecule has 3 rings (SSSR count). The van der Waals surface area contributed by atoms with Gasteiger partial charge in [-0.2, -0.15) is 0 Å². The summed E-state index contributed by atoms with van der Waals surface area (Å²) in [6, 6.07) is 11.7. The first-order valence-corrected chi connectivity index (χ1v) is 7.19. The lowest BCUT2D eigenvalue weighted by Crippen LogP contribution is -2.42. The summed E-state index contributed by atoms with van der Waals surface area (Å²) < 4.78 is 2.97. The maximum Gasteiger partial charge on any atom is 0.146 e. The average Bonchev–Trinajstić information content (AvgIpc) is 2.78. The molecule has 0 saturated heterocycles. The molecule has 1 atom stereocenters. The van der Waals surface area contributed by atoms with Crippen molar-refractivity contribution in [2.24, 2.45) is 0 Å². The van der Waals surface area contributed by atoms with Gasteiger partial charge in [0.05, 0.1) is 0 Å². The average molecular weight is 364 g/mol. The number of carbonyl (C=O) groups is 1. The van der Waals surface area contributed by atoms with Gasteiger partial charge in [-0.1, -0.05) is 12.1 Å². The molecule has 96 valence electrons. The number of hydrogen-bond donors (Lipinski definition) is 1. The summed E-state index contributed by atoms with van der Waals surface area (Å²) in [4.78, 5) is 11.7. The zero-order chi connectivity index (χ0) is 13.5. The Bertz CT molecular complexity index is 707. The molecule has 0 aliphatic heterocycles. The minimum absolute atomic E-state index is 0.372. The van der Waals surface area contributed by atoms with Crippen LogP contribution in [0.1, 0.15) is 11.1 Å². The molecular weight excluding hydrogens is 351 g/mol. The first-order valence-electron chi connectivity index (χ1n) is 6.11. The van der Waals surface area contributed by atoms with Crippen LogP contribution in [-0.2, 0) is 23.2 Å². The van der Waals surface area contributed by atoms with Crippen molar-refractivity contribution < 1.29 is 4.79 Å². The zero-order valence-corrected chi connectivity index (χ0v) is 12.4. The molecule has 0 amide bonds. The number of rotatable bonds is 2. The van der Waals surface area contributed by atoms with Crippen LogP contribution in [0.3, 0.4) is 0 Å². The molecular formula is C15H13IN2O. The molecule has 1 heterocycles. The number of fused-ring (bicyclic) bond motifs is 1. The molecule has 1 aromatic carbocycles. The summed E-state index contributed by atoms with van der Waals surface area (Å²) in [6.07, 6.45) is 4.16. The van der Waals surface area contributed by atoms with E-state index in [1.165, 1.54) is 14.7 Å². The van der Waals surface area contributed by atoms with Crippen LogP contribution in [0.25, 0.3) is 0 Å². The van der Waals surface area contributed by atoms with Crippen molar-refractivity contribution in [3.05, 3.63) is 62.8 Å². The first kappa shape index (κ1) is 12.6. The van der Waals surface area contributed by atoms with Crippen molar-refractivity contribution in [1.29, 1.82) is 5.41 Å². The van der Waals surface area contributed by atoms with Gasteiger partial charge in [-0.15, -0.1) is 0 Å². The summed E-state index contributed by atoms with van der Waals surface area (Å²) >= 11 is 2.29. The quantitative estimate of drug-likeness (QED) is 0.645. The predicted octanol–water partition coefficient (Wildman–Crippen LogP) is 2.27. The van der Waals surface area contributed by atoms with Gasteiger partial charge in [-0.05, 0) is 58.0 Å². The van der Waals surface area contributed by atoms with Crippen molar-refractivity contribution >= 4 is 28.9 Å². The number of carbonyl (C=O) groups excluding carboxylic acids is 1. The number of nitrogens with one attached hydrogen (secondary N) is 1. The molecule has 3 nitrogen and oxygen atoms in total. The maximum absolute atomic E-state index is 11.7. The Labute approximate surface area is 124 Å². The van der Waals surface area contributed by atoms with Gasteiger partial charge in [-0.3, -0.25) is 5.41 Å². The number of pyridine rings is 1. The number of halogens is 1. The molecule has 0 radical (unpaired) electrons. The minimum atomic E-state index is -0.634. The Morgan fingerprint density at radius 1 is 1.21 bits per heavy atom. The van der Waals surface area contributed by atoms with Crippen LogP contribution in [0.2, 0.25) is 0 Å². The largest absolute Gasteiger partial charge is 0.320 e. The fourth-order valence-corrected chi connectivity index (χ4v) is 3.35. The molecule has 1 aromatic heterocycles. The van der Waals surface area contributed by atoms with Crippen LogP contribution >= 0.6 is 22.6 Å². The summed E-state index contributed by atoms with van der Waals surface area (Å²) in [5, 5.41) is 8.02. The number of aldehydes is 1. The van der Waals surface area contributed by atoms with E-state index in [4.69, 9.17) is 5.41 Å². The van der Waals surface area contributed by atoms with Crippen LogP contribution in [0.15, 0.2) is 42.6 Å². The molecule has 19 heavy (non-hydrogen) atoms. The Kier molecular flexibility index (Phi) is 3.05. The van der Waals surface area contributed by atoms with E-state index in [0.717, 1.165) is 6.29 Å². The Balaban J connectivity index is 2.13. The van der Waals surface area contributed by atoms with E-state index in [1.807, 2.05) is 18.3 Å². The van der Waals surface area contributed by atoms with Crippen molar-refractivity contribution in [2.75, 3.05) is 0 Å². The maximum atomic E-state index is 11.7. The second-order valence-electron chi connectivity index (χ2n) is 4.94. The number of nitrogens with zero attached hydrogens (tertiary/aromatic N) is 1. The summed E-state index contributed by atoms with van der Waals surface area (Å²) in [5.41, 5.74) is 2.17. The van der Waals surface area contributed by atoms with Gasteiger partial charge < -0.3 is 9.36 Å². The minimum Gasteiger partial charge on any atom is -0.320 e. The third-order valence-corrected chi connectivity index (χ3v) is 4.39. The highest BCUT2D eigenvalue weighted by Crippen LogP contribution is 2.34. The van der Waals surface area contributed by atoms with Crippen LogP contribution in [-0.4, -0.2) is 10.9 Å². The highest BCUT2D eigenvalue weighted by atomic mass is 127. The number of hydrogen-bond acceptors (Lipinski definition) is 2. The molecule has 0 saturated carbocycles. The molecule has 0 fully saturated rings. The number of benzene rings is 1. The summed E-state index contributed by atoms with van der Waals surface area (Å²) in [5.74, 6) is 0. The molecule has 1 unspecified atom stereocenters. The van der Waals surface area contributed by atoms with E-state index >= 15 is 0 Å². The van der Waals surface area contributed by atoms with E-state index in [0.29, 0.717) is 18.3 Å². The molecule has 4 heteroatoms. The lowest BCUT2D eigenvalue weighted by molar-refractivity contribution is -0.115. The fraction of sp³-hybridized carbons (Fsp3) is 0.200. The SMILES string of the molecule is N=c1ccccn1C1(C=O)Cc2ccc(I)cc2C1. The topological polar surface area (TPSA) is 45.9 Å². The van der Waals surface area contributed by atoms with E-state index in [9.17, 15) is 4.79 Å². The van der Waals surface area contributed by atoms with Gasteiger partial charge in [0.15, 0.2) is 0 Å². The van der Waals surface area contributed by atoms with Crippen molar-refractivity contribution in [2.45, 2.75) is 18.4 Å². The highest BCUT2D eigenvalue weighted by molar-refractivity contribution is 14.1. The number of aromatic nitrogens is 1. The Morgan fingerprint density at radius 2 is 2.00 bits per heavy atom. The van der Waals surface area contributed by atoms with Crippen LogP contribution in [0.4, 0.5) is 0 Å². The second kappa shape index (κ2) is 4.59. The molecule has 1 aliphatic carbocycles. The van der Waals surface area contributed by atoms with Gasteiger partial charge in [0.2, 0.25) is 0 Å². The predicted molar refractivity (Wildman–Crippen MR) is 80.9 cm³/mol. The monoisotopic (exact) mass is 364 g/mol. The second-order valence-corrected chi connectivity index (χ2v) is 6.19. The van der Waals surface area contributed by atoms with Crippen LogP contribution in [0.5, 0.6) is 0 Å². The zero-order valence-electron chi connectivity index (χ0n) is 10.3. The first-order chi connectivity index (χ1) is 9.14. The molecule has 0 spiro atoms. The van der Waals surface area contributed by atoms with Crippen LogP contribution < -0.4 is 5.49 Å². The molecule has 1 aliphatic rings. The van der Waals surface area contributed by atoms with Gasteiger partial charge in [-0.25, -0.2) is 0 Å². The molecule has 2 aromatic rings. The van der Waals surface area contributed by atoms with Crippen molar-refractivity contribution in [3.63, 3.8) is 0 Å². The van der Waals surface area contributed by atoms with Crippen molar-refractivity contribution in [3.8, 4) is 0 Å². The normalized spacial score (nSPS) is 21.1. The summed E-state index contributed by atoms with van der Waals surface area (Å²) in [6.45, 7) is 0. The Morgan fingerprint density at radius 3 is 2.74 bits per heavy atom. The third-order valence-electron chi connectivity index (χ3n) is 3.72. The van der Waals surface area contributed by atoms with Gasteiger partial charge in [0.25, 0.3) is 0 Å². The molecule has 0 bridgehead atoms. The van der Waals surface area contributed by atoms with Gasteiger partial charge >= 0.3 is 0 Å². The standard InChI is InChI=1S/C15H13IN2O/c16-13-5-4-11-8-15(10-19,9-12(11)7-13)18-6-2-1-3-14(18)17/h1-7,10,17H,8-9H2. The summed E-state index contributed by atoms with van der Waals surface area (Å²) in [7, 11) is 0. The lowest BCUT2D eigenvalue weighted by Gasteiger charge is -2.26. The van der Waals surface area contributed by atoms with E-state index in [-0.39, 0.29) is 0 Å². The van der Waals surface area contributed by atoms with E-state index < -0.39 is 5.54 Å². The Hall–Kier alpha value is -1.43. The highest BCUT2D eigenvalue weighted by Gasteiger charge is 2.38. The van der Waals surface area contributed by atoms with E-state index in [1.54, 1.807) is 10.6 Å². The fourth-order valence-electron chi connectivity index (χ4n) is 2.80. The van der Waals surface area contributed by atoms with Gasteiger partial charge in [0.1, 0.15) is 17.3 Å². The smallest absolute Gasteiger partial charge is 0.146 e. The molecule has 1 N–H and O–H groups in total. The van der Waals surface area contributed by atoms with Gasteiger partial charge in [0, 0.05) is 22.6 Å². The third kappa shape index (κ3) is 2.04. The van der Waals surface area contributed by atoms with E-state index in [2.05, 4.69) is 40.8 Å².